The van der Waals surface area contributed by atoms with Crippen molar-refractivity contribution in [3.8, 4) is 0 Å². The van der Waals surface area contributed by atoms with Crippen molar-refractivity contribution in [2.75, 3.05) is 0 Å². The number of hydrogen-bond donors (Lipinski definition) is 0. The Bertz CT molecular complexity index is 285. The molecule has 1 aliphatic rings. The summed E-state index contributed by atoms with van der Waals surface area (Å²) in [5, 5.41) is 0. The molecule has 0 radical (unpaired) electrons. The van der Waals surface area contributed by atoms with Gasteiger partial charge in [0.2, 0.25) is 0 Å². The molecule has 1 rings (SSSR count). The van der Waals surface area contributed by atoms with Crippen molar-refractivity contribution in [3.05, 3.63) is 11.6 Å². The number of rotatable bonds is 3. The summed E-state index contributed by atoms with van der Waals surface area (Å²) in [5.74, 6) is -0.366. The van der Waals surface area contributed by atoms with E-state index in [1.807, 2.05) is 27.7 Å². The van der Waals surface area contributed by atoms with Gasteiger partial charge in [-0.1, -0.05) is 25.5 Å². The van der Waals surface area contributed by atoms with Gasteiger partial charge in [-0.2, -0.15) is 0 Å². The zero-order chi connectivity index (χ0) is 10.9. The van der Waals surface area contributed by atoms with Crippen molar-refractivity contribution in [1.82, 2.24) is 0 Å². The Kier molecular flexibility index (Phi) is 2.79. The maximum Gasteiger partial charge on any atom is 0.317 e. The number of carbonyl (C=O) groups excluding carboxylic acids is 2. The lowest BCUT2D eigenvalue weighted by molar-refractivity contribution is -0.153. The van der Waals surface area contributed by atoms with Crippen LogP contribution in [0.25, 0.3) is 0 Å². The van der Waals surface area contributed by atoms with Gasteiger partial charge in [-0.15, -0.1) is 0 Å². The minimum absolute atomic E-state index is 0.0721. The van der Waals surface area contributed by atoms with Gasteiger partial charge in [0.05, 0.1) is 5.92 Å². The van der Waals surface area contributed by atoms with Gasteiger partial charge in [0.1, 0.15) is 0 Å². The van der Waals surface area contributed by atoms with Crippen LogP contribution in [0.5, 0.6) is 0 Å². The minimum Gasteiger partial charge on any atom is -0.395 e. The second-order valence-corrected chi connectivity index (χ2v) is 4.60. The fraction of sp³-hybridized carbons (Fsp3) is 0.636. The molecule has 0 heterocycles. The van der Waals surface area contributed by atoms with E-state index in [9.17, 15) is 9.59 Å². The molecule has 0 aromatic rings. The van der Waals surface area contributed by atoms with Crippen molar-refractivity contribution in [2.45, 2.75) is 27.7 Å². The Morgan fingerprint density at radius 2 is 1.93 bits per heavy atom. The number of allylic oxidation sites excluding steroid dienone is 2. The van der Waals surface area contributed by atoms with Gasteiger partial charge >= 0.3 is 12.4 Å². The van der Waals surface area contributed by atoms with E-state index in [0.717, 1.165) is 0 Å². The van der Waals surface area contributed by atoms with Crippen molar-refractivity contribution in [2.24, 2.45) is 17.3 Å². The van der Waals surface area contributed by atoms with Gasteiger partial charge in [0, 0.05) is 0 Å². The van der Waals surface area contributed by atoms with E-state index in [4.69, 9.17) is 0 Å². The van der Waals surface area contributed by atoms with E-state index in [0.29, 0.717) is 0 Å². The van der Waals surface area contributed by atoms with Gasteiger partial charge in [-0.25, -0.2) is 0 Å². The lowest BCUT2D eigenvalue weighted by Gasteiger charge is -1.98. The maximum atomic E-state index is 11.3. The van der Waals surface area contributed by atoms with E-state index in [2.05, 4.69) is 10.8 Å². The number of esters is 1. The molecule has 0 aliphatic heterocycles. The molecule has 0 spiro atoms. The predicted molar refractivity (Wildman–Crippen MR) is 52.3 cm³/mol. The average Bonchev–Trinajstić information content (AvgIpc) is 2.52. The Morgan fingerprint density at radius 3 is 2.36 bits per heavy atom. The first-order valence-electron chi connectivity index (χ1n) is 4.70. The average molecular weight is 196 g/mol. The first kappa shape index (κ1) is 11.0. The Hall–Kier alpha value is -1.12. The van der Waals surface area contributed by atoms with E-state index < -0.39 is 5.97 Å². The summed E-state index contributed by atoms with van der Waals surface area (Å²) < 4.78 is 4.36. The summed E-state index contributed by atoms with van der Waals surface area (Å²) in [5.41, 5.74) is 1.11. The molecule has 1 aliphatic carbocycles. The highest BCUT2D eigenvalue weighted by atomic mass is 16.6. The molecule has 0 saturated heterocycles. The number of hydrogen-bond acceptors (Lipinski definition) is 3. The minimum atomic E-state index is -0.410. The summed E-state index contributed by atoms with van der Waals surface area (Å²) in [4.78, 5) is 21.4. The molecule has 78 valence electrons. The predicted octanol–water partition coefficient (Wildman–Crippen LogP) is 1.92. The Labute approximate surface area is 84.1 Å². The molecule has 14 heavy (non-hydrogen) atoms. The van der Waals surface area contributed by atoms with Crippen LogP contribution in [0, 0.1) is 17.3 Å². The molecule has 1 saturated carbocycles. The molecule has 0 amide bonds. The quantitative estimate of drug-likeness (QED) is 0.300. The zero-order valence-corrected chi connectivity index (χ0v) is 9.03. The Balaban J connectivity index is 2.70. The van der Waals surface area contributed by atoms with Crippen molar-refractivity contribution in [3.63, 3.8) is 0 Å². The smallest absolute Gasteiger partial charge is 0.317 e. The third-order valence-electron chi connectivity index (χ3n) is 2.84. The van der Waals surface area contributed by atoms with Crippen LogP contribution in [-0.4, -0.2) is 12.4 Å². The molecule has 3 heteroatoms. The molecule has 3 nitrogen and oxygen atoms in total. The third kappa shape index (κ3) is 1.86. The first-order valence-corrected chi connectivity index (χ1v) is 4.70. The van der Waals surface area contributed by atoms with E-state index in [-0.39, 0.29) is 23.7 Å². The van der Waals surface area contributed by atoms with Crippen LogP contribution in [0.15, 0.2) is 11.6 Å². The van der Waals surface area contributed by atoms with Gasteiger partial charge in [0.15, 0.2) is 0 Å². The summed E-state index contributed by atoms with van der Waals surface area (Å²) in [7, 11) is 0. The van der Waals surface area contributed by atoms with Gasteiger partial charge in [0.25, 0.3) is 0 Å². The molecular weight excluding hydrogens is 180 g/mol. The largest absolute Gasteiger partial charge is 0.395 e. The summed E-state index contributed by atoms with van der Waals surface area (Å²) in [6, 6.07) is 0. The summed E-state index contributed by atoms with van der Waals surface area (Å²) in [6.45, 7) is 8.21. The lowest BCUT2D eigenvalue weighted by Crippen LogP contribution is -2.09. The monoisotopic (exact) mass is 196 g/mol. The van der Waals surface area contributed by atoms with Crippen LogP contribution >= 0.6 is 0 Å². The van der Waals surface area contributed by atoms with Gasteiger partial charge in [-0.05, 0) is 25.2 Å². The fourth-order valence-electron chi connectivity index (χ4n) is 1.92. The van der Waals surface area contributed by atoms with Gasteiger partial charge in [-0.3, -0.25) is 9.59 Å². The normalized spacial score (nSPS) is 27.7. The molecular formula is C11H16O3. The molecule has 1 fully saturated rings. The highest BCUT2D eigenvalue weighted by Gasteiger charge is 2.61. The highest BCUT2D eigenvalue weighted by molar-refractivity contribution is 5.83. The van der Waals surface area contributed by atoms with E-state index in [1.54, 1.807) is 0 Å². The van der Waals surface area contributed by atoms with Crippen molar-refractivity contribution in [1.29, 1.82) is 0 Å². The van der Waals surface area contributed by atoms with Crippen LogP contribution in [0.2, 0.25) is 0 Å². The number of ether oxygens (including phenoxy) is 1. The van der Waals surface area contributed by atoms with Crippen molar-refractivity contribution < 1.29 is 14.3 Å². The van der Waals surface area contributed by atoms with Gasteiger partial charge < -0.3 is 4.74 Å². The second-order valence-electron chi connectivity index (χ2n) is 4.60. The summed E-state index contributed by atoms with van der Waals surface area (Å²) in [6.07, 6.45) is 2.07. The van der Waals surface area contributed by atoms with E-state index in [1.165, 1.54) is 5.57 Å². The highest BCUT2D eigenvalue weighted by Crippen LogP contribution is 2.59. The SMILES string of the molecule is CC(C)=CC1C(C(=O)OC=O)C1(C)C. The third-order valence-corrected chi connectivity index (χ3v) is 2.84. The molecule has 2 atom stereocenters. The maximum absolute atomic E-state index is 11.3. The lowest BCUT2D eigenvalue weighted by atomic mass is 10.1. The van der Waals surface area contributed by atoms with Crippen LogP contribution in [0.3, 0.4) is 0 Å². The molecule has 0 aromatic carbocycles. The van der Waals surface area contributed by atoms with Crippen molar-refractivity contribution >= 4 is 12.4 Å². The molecule has 0 N–H and O–H groups in total. The van der Waals surface area contributed by atoms with E-state index >= 15 is 0 Å². The zero-order valence-electron chi connectivity index (χ0n) is 9.03. The molecule has 0 aromatic heterocycles. The number of carbonyl (C=O) groups is 2. The van der Waals surface area contributed by atoms with Crippen LogP contribution < -0.4 is 0 Å². The summed E-state index contributed by atoms with van der Waals surface area (Å²) >= 11 is 0. The second kappa shape index (κ2) is 3.56. The van der Waals surface area contributed by atoms with Crippen LogP contribution in [0.1, 0.15) is 27.7 Å². The van der Waals surface area contributed by atoms with Crippen LogP contribution in [0.4, 0.5) is 0 Å². The molecule has 0 bridgehead atoms. The standard InChI is InChI=1S/C11H16O3/c1-7(2)5-8-9(11(8,3)4)10(13)14-6-12/h5-6,8-9H,1-4H3. The fourth-order valence-corrected chi connectivity index (χ4v) is 1.92. The molecule has 2 unspecified atom stereocenters. The topological polar surface area (TPSA) is 43.4 Å². The Morgan fingerprint density at radius 1 is 1.36 bits per heavy atom. The first-order chi connectivity index (χ1) is 6.41. The van der Waals surface area contributed by atoms with Crippen LogP contribution in [-0.2, 0) is 14.3 Å².